The molecule has 0 atom stereocenters. The number of ether oxygens (including phenoxy) is 2. The number of rotatable bonds is 6. The van der Waals surface area contributed by atoms with Crippen LogP contribution < -0.4 is 15.4 Å². The zero-order valence-electron chi connectivity index (χ0n) is 10.2. The molecule has 0 heterocycles. The van der Waals surface area contributed by atoms with Gasteiger partial charge in [-0.3, -0.25) is 0 Å². The summed E-state index contributed by atoms with van der Waals surface area (Å²) in [5.41, 5.74) is 7.56. The average Bonchev–Trinajstić information content (AvgIpc) is 2.29. The monoisotopic (exact) mass is 224 g/mol. The van der Waals surface area contributed by atoms with Crippen molar-refractivity contribution in [2.75, 3.05) is 44.5 Å². The van der Waals surface area contributed by atoms with Crippen LogP contribution in [0.3, 0.4) is 0 Å². The predicted molar refractivity (Wildman–Crippen MR) is 67.2 cm³/mol. The minimum atomic E-state index is 0.620. The van der Waals surface area contributed by atoms with Crippen molar-refractivity contribution >= 4 is 11.4 Å². The summed E-state index contributed by atoms with van der Waals surface area (Å²) < 4.78 is 10.5. The zero-order valence-corrected chi connectivity index (χ0v) is 10.2. The minimum absolute atomic E-state index is 0.620. The Morgan fingerprint density at radius 2 is 2.12 bits per heavy atom. The normalized spacial score (nSPS) is 10.2. The molecular weight excluding hydrogens is 204 g/mol. The van der Waals surface area contributed by atoms with E-state index in [0.29, 0.717) is 18.9 Å². The molecule has 90 valence electrons. The second kappa shape index (κ2) is 6.23. The molecule has 0 aliphatic carbocycles. The van der Waals surface area contributed by atoms with Crippen LogP contribution in [0, 0.1) is 0 Å². The lowest BCUT2D eigenvalue weighted by Gasteiger charge is -2.20. The third-order valence-corrected chi connectivity index (χ3v) is 2.37. The largest absolute Gasteiger partial charge is 0.492 e. The molecule has 0 spiro atoms. The van der Waals surface area contributed by atoms with Crippen LogP contribution in [0.15, 0.2) is 18.2 Å². The maximum Gasteiger partial charge on any atom is 0.144 e. The standard InChI is InChI=1S/C12H20N2O2/c1-4-16-12-9-10(5-6-11(12)13)14(2)7-8-15-3/h5-6,9H,4,7-8,13H2,1-3H3. The van der Waals surface area contributed by atoms with Gasteiger partial charge >= 0.3 is 0 Å². The SMILES string of the molecule is CCOc1cc(N(C)CCOC)ccc1N. The number of nitrogen functional groups attached to an aromatic ring is 1. The molecule has 2 N–H and O–H groups in total. The molecule has 1 rings (SSSR count). The highest BCUT2D eigenvalue weighted by molar-refractivity contribution is 5.62. The van der Waals surface area contributed by atoms with E-state index in [1.165, 1.54) is 0 Å². The Morgan fingerprint density at radius 1 is 1.38 bits per heavy atom. The molecule has 0 aromatic heterocycles. The molecule has 0 unspecified atom stereocenters. The number of hydrogen-bond acceptors (Lipinski definition) is 4. The Balaban J connectivity index is 2.76. The zero-order chi connectivity index (χ0) is 12.0. The lowest BCUT2D eigenvalue weighted by Crippen LogP contribution is -2.22. The van der Waals surface area contributed by atoms with Crippen LogP contribution in [0.5, 0.6) is 5.75 Å². The van der Waals surface area contributed by atoms with Gasteiger partial charge in [0.15, 0.2) is 0 Å². The lowest BCUT2D eigenvalue weighted by molar-refractivity contribution is 0.206. The predicted octanol–water partition coefficient (Wildman–Crippen LogP) is 1.75. The Bertz CT molecular complexity index is 329. The smallest absolute Gasteiger partial charge is 0.144 e. The highest BCUT2D eigenvalue weighted by atomic mass is 16.5. The fraction of sp³-hybridized carbons (Fsp3) is 0.500. The number of anilines is 2. The summed E-state index contributed by atoms with van der Waals surface area (Å²) in [6, 6.07) is 5.80. The summed E-state index contributed by atoms with van der Waals surface area (Å²) in [4.78, 5) is 2.10. The molecule has 1 aromatic carbocycles. The lowest BCUT2D eigenvalue weighted by atomic mass is 10.2. The fourth-order valence-corrected chi connectivity index (χ4v) is 1.40. The fourth-order valence-electron chi connectivity index (χ4n) is 1.40. The molecule has 4 nitrogen and oxygen atoms in total. The molecule has 0 saturated heterocycles. The van der Waals surface area contributed by atoms with Crippen molar-refractivity contribution in [1.29, 1.82) is 0 Å². The van der Waals surface area contributed by atoms with Gasteiger partial charge < -0.3 is 20.1 Å². The topological polar surface area (TPSA) is 47.7 Å². The second-order valence-corrected chi connectivity index (χ2v) is 3.57. The minimum Gasteiger partial charge on any atom is -0.492 e. The van der Waals surface area contributed by atoms with Gasteiger partial charge in [0, 0.05) is 32.5 Å². The Morgan fingerprint density at radius 3 is 2.75 bits per heavy atom. The maximum absolute atomic E-state index is 5.81. The number of likely N-dealkylation sites (N-methyl/N-ethyl adjacent to an activating group) is 1. The van der Waals surface area contributed by atoms with E-state index in [2.05, 4.69) is 4.90 Å². The van der Waals surface area contributed by atoms with Crippen molar-refractivity contribution in [2.45, 2.75) is 6.92 Å². The molecule has 0 amide bonds. The van der Waals surface area contributed by atoms with Gasteiger partial charge in [-0.05, 0) is 19.1 Å². The van der Waals surface area contributed by atoms with Crippen molar-refractivity contribution in [3.05, 3.63) is 18.2 Å². The van der Waals surface area contributed by atoms with Crippen molar-refractivity contribution in [2.24, 2.45) is 0 Å². The number of nitrogens with zero attached hydrogens (tertiary/aromatic N) is 1. The molecule has 1 aromatic rings. The van der Waals surface area contributed by atoms with E-state index in [-0.39, 0.29) is 0 Å². The highest BCUT2D eigenvalue weighted by Gasteiger charge is 2.05. The molecule has 0 aliphatic rings. The van der Waals surface area contributed by atoms with Crippen LogP contribution in [0.1, 0.15) is 6.92 Å². The molecule has 0 bridgehead atoms. The summed E-state index contributed by atoms with van der Waals surface area (Å²) in [6.07, 6.45) is 0. The van der Waals surface area contributed by atoms with E-state index in [1.54, 1.807) is 7.11 Å². The van der Waals surface area contributed by atoms with Gasteiger partial charge in [-0.15, -0.1) is 0 Å². The first-order valence-corrected chi connectivity index (χ1v) is 5.41. The van der Waals surface area contributed by atoms with E-state index in [1.807, 2.05) is 32.2 Å². The van der Waals surface area contributed by atoms with E-state index in [0.717, 1.165) is 18.0 Å². The van der Waals surface area contributed by atoms with E-state index < -0.39 is 0 Å². The Kier molecular flexibility index (Phi) is 4.92. The van der Waals surface area contributed by atoms with E-state index >= 15 is 0 Å². The molecule has 0 saturated carbocycles. The quantitative estimate of drug-likeness (QED) is 0.748. The van der Waals surface area contributed by atoms with Crippen LogP contribution in [-0.2, 0) is 4.74 Å². The number of hydrogen-bond donors (Lipinski definition) is 1. The highest BCUT2D eigenvalue weighted by Crippen LogP contribution is 2.27. The summed E-state index contributed by atoms with van der Waals surface area (Å²) >= 11 is 0. The van der Waals surface area contributed by atoms with E-state index in [9.17, 15) is 0 Å². The summed E-state index contributed by atoms with van der Waals surface area (Å²) in [6.45, 7) is 4.10. The molecule has 4 heteroatoms. The van der Waals surface area contributed by atoms with Gasteiger partial charge in [-0.25, -0.2) is 0 Å². The van der Waals surface area contributed by atoms with Crippen LogP contribution in [0.2, 0.25) is 0 Å². The first kappa shape index (κ1) is 12.6. The molecule has 16 heavy (non-hydrogen) atoms. The van der Waals surface area contributed by atoms with E-state index in [4.69, 9.17) is 15.2 Å². The summed E-state index contributed by atoms with van der Waals surface area (Å²) in [5, 5.41) is 0. The van der Waals surface area contributed by atoms with Gasteiger partial charge in [-0.1, -0.05) is 0 Å². The van der Waals surface area contributed by atoms with Crippen LogP contribution in [-0.4, -0.2) is 33.9 Å². The van der Waals surface area contributed by atoms with Crippen molar-refractivity contribution in [3.8, 4) is 5.75 Å². The number of nitrogens with two attached hydrogens (primary N) is 1. The second-order valence-electron chi connectivity index (χ2n) is 3.57. The van der Waals surface area contributed by atoms with Gasteiger partial charge in [0.05, 0.1) is 18.9 Å². The maximum atomic E-state index is 5.81. The third kappa shape index (κ3) is 3.31. The third-order valence-electron chi connectivity index (χ3n) is 2.37. The van der Waals surface area contributed by atoms with Crippen LogP contribution >= 0.6 is 0 Å². The van der Waals surface area contributed by atoms with Gasteiger partial charge in [0.2, 0.25) is 0 Å². The first-order chi connectivity index (χ1) is 7.69. The summed E-state index contributed by atoms with van der Waals surface area (Å²) in [7, 11) is 3.71. The Labute approximate surface area is 96.9 Å². The molecular formula is C12H20N2O2. The number of methoxy groups -OCH3 is 1. The van der Waals surface area contributed by atoms with Gasteiger partial charge in [-0.2, -0.15) is 0 Å². The average molecular weight is 224 g/mol. The number of benzene rings is 1. The molecule has 0 fully saturated rings. The van der Waals surface area contributed by atoms with Crippen molar-refractivity contribution in [3.63, 3.8) is 0 Å². The molecule has 0 aliphatic heterocycles. The van der Waals surface area contributed by atoms with Crippen molar-refractivity contribution in [1.82, 2.24) is 0 Å². The Hall–Kier alpha value is -1.42. The first-order valence-electron chi connectivity index (χ1n) is 5.41. The van der Waals surface area contributed by atoms with Crippen LogP contribution in [0.25, 0.3) is 0 Å². The van der Waals surface area contributed by atoms with Gasteiger partial charge in [0.25, 0.3) is 0 Å². The summed E-state index contributed by atoms with van der Waals surface area (Å²) in [5.74, 6) is 0.740. The molecule has 0 radical (unpaired) electrons. The van der Waals surface area contributed by atoms with Crippen molar-refractivity contribution < 1.29 is 9.47 Å². The van der Waals surface area contributed by atoms with Crippen LogP contribution in [0.4, 0.5) is 11.4 Å². The van der Waals surface area contributed by atoms with Gasteiger partial charge in [0.1, 0.15) is 5.75 Å².